The van der Waals surface area contributed by atoms with E-state index in [0.29, 0.717) is 21.3 Å². The van der Waals surface area contributed by atoms with Crippen LogP contribution in [0, 0.1) is 5.82 Å². The van der Waals surface area contributed by atoms with E-state index < -0.39 is 0 Å². The van der Waals surface area contributed by atoms with Gasteiger partial charge in [-0.2, -0.15) is 0 Å². The summed E-state index contributed by atoms with van der Waals surface area (Å²) in [5.74, 6) is -0.0210. The van der Waals surface area contributed by atoms with Crippen LogP contribution in [0.25, 0.3) is 11.3 Å². The third kappa shape index (κ3) is 4.19. The van der Waals surface area contributed by atoms with Crippen molar-refractivity contribution in [3.63, 3.8) is 0 Å². The lowest BCUT2D eigenvalue weighted by atomic mass is 10.1. The average molecular weight is 359 g/mol. The summed E-state index contributed by atoms with van der Waals surface area (Å²) in [6.07, 6.45) is 0. The minimum Gasteiger partial charge on any atom is -0.293 e. The number of carbonyl (C=O) groups excluding carboxylic acids is 1. The van der Waals surface area contributed by atoms with E-state index in [1.807, 2.05) is 0 Å². The van der Waals surface area contributed by atoms with Crippen LogP contribution < -0.4 is 0 Å². The van der Waals surface area contributed by atoms with Gasteiger partial charge in [0.05, 0.1) is 11.4 Å². The molecule has 1 aromatic heterocycles. The van der Waals surface area contributed by atoms with Crippen molar-refractivity contribution in [2.45, 2.75) is 5.03 Å². The summed E-state index contributed by atoms with van der Waals surface area (Å²) in [6.45, 7) is 0. The number of benzene rings is 2. The van der Waals surface area contributed by atoms with Gasteiger partial charge in [0.1, 0.15) is 10.8 Å². The Hall–Kier alpha value is -2.24. The molecule has 0 fully saturated rings. The molecule has 120 valence electrons. The normalized spacial score (nSPS) is 10.6. The second-order valence-corrected chi connectivity index (χ2v) is 6.41. The molecule has 0 aliphatic carbocycles. The Morgan fingerprint density at radius 1 is 0.958 bits per heavy atom. The van der Waals surface area contributed by atoms with Crippen LogP contribution in [-0.4, -0.2) is 21.7 Å². The monoisotopic (exact) mass is 358 g/mol. The molecule has 1 heterocycles. The quantitative estimate of drug-likeness (QED) is 0.480. The minimum absolute atomic E-state index is 0.000998. The van der Waals surface area contributed by atoms with E-state index in [1.54, 1.807) is 48.5 Å². The third-order valence-corrected chi connectivity index (χ3v) is 4.47. The lowest BCUT2D eigenvalue weighted by molar-refractivity contribution is 0.102. The van der Waals surface area contributed by atoms with E-state index in [4.69, 9.17) is 11.6 Å². The van der Waals surface area contributed by atoms with Crippen LogP contribution in [0.2, 0.25) is 5.02 Å². The maximum Gasteiger partial charge on any atom is 0.173 e. The molecule has 0 amide bonds. The van der Waals surface area contributed by atoms with Gasteiger partial charge in [-0.25, -0.2) is 4.39 Å². The van der Waals surface area contributed by atoms with Crippen LogP contribution in [0.4, 0.5) is 4.39 Å². The van der Waals surface area contributed by atoms with Gasteiger partial charge in [0.15, 0.2) is 5.78 Å². The van der Waals surface area contributed by atoms with Gasteiger partial charge in [-0.3, -0.25) is 4.79 Å². The summed E-state index contributed by atoms with van der Waals surface area (Å²) in [6, 6.07) is 16.4. The second kappa shape index (κ2) is 7.55. The molecule has 0 atom stereocenters. The van der Waals surface area contributed by atoms with Crippen molar-refractivity contribution in [3.8, 4) is 11.3 Å². The van der Waals surface area contributed by atoms with E-state index in [-0.39, 0.29) is 17.4 Å². The first-order chi connectivity index (χ1) is 11.6. The van der Waals surface area contributed by atoms with Gasteiger partial charge in [-0.05, 0) is 60.7 Å². The lowest BCUT2D eigenvalue weighted by Crippen LogP contribution is -2.02. The van der Waals surface area contributed by atoms with Gasteiger partial charge >= 0.3 is 0 Å². The van der Waals surface area contributed by atoms with Crippen molar-refractivity contribution in [2.24, 2.45) is 0 Å². The highest BCUT2D eigenvalue weighted by molar-refractivity contribution is 7.99. The van der Waals surface area contributed by atoms with Crippen LogP contribution in [-0.2, 0) is 0 Å². The summed E-state index contributed by atoms with van der Waals surface area (Å²) in [5, 5.41) is 9.48. The fraction of sp³-hybridized carbons (Fsp3) is 0.0556. The number of thioether (sulfide) groups is 1. The van der Waals surface area contributed by atoms with Gasteiger partial charge in [0.2, 0.25) is 0 Å². The minimum atomic E-state index is -0.292. The van der Waals surface area contributed by atoms with Crippen molar-refractivity contribution in [2.75, 3.05) is 5.75 Å². The van der Waals surface area contributed by atoms with E-state index in [2.05, 4.69) is 10.2 Å². The van der Waals surface area contributed by atoms with E-state index in [9.17, 15) is 9.18 Å². The summed E-state index contributed by atoms with van der Waals surface area (Å²) in [7, 11) is 0. The SMILES string of the molecule is O=C(CSc1ccc(-c2ccc(F)cc2)nn1)c1ccc(Cl)cc1. The lowest BCUT2D eigenvalue weighted by Gasteiger charge is -2.03. The molecule has 3 rings (SSSR count). The molecule has 0 aliphatic heterocycles. The number of aromatic nitrogens is 2. The summed E-state index contributed by atoms with van der Waals surface area (Å²) in [5.41, 5.74) is 2.06. The van der Waals surface area contributed by atoms with Gasteiger partial charge in [0.25, 0.3) is 0 Å². The Morgan fingerprint density at radius 3 is 2.29 bits per heavy atom. The van der Waals surface area contributed by atoms with Crippen molar-refractivity contribution in [1.82, 2.24) is 10.2 Å². The van der Waals surface area contributed by atoms with Crippen molar-refractivity contribution in [3.05, 3.63) is 77.1 Å². The molecule has 0 spiro atoms. The molecule has 0 saturated carbocycles. The zero-order valence-electron chi connectivity index (χ0n) is 12.4. The van der Waals surface area contributed by atoms with Crippen LogP contribution in [0.1, 0.15) is 10.4 Å². The molecule has 6 heteroatoms. The number of ketones is 1. The number of halogens is 2. The van der Waals surface area contributed by atoms with Crippen LogP contribution in [0.15, 0.2) is 65.7 Å². The Morgan fingerprint density at radius 2 is 1.67 bits per heavy atom. The van der Waals surface area contributed by atoms with E-state index in [0.717, 1.165) is 5.56 Å². The van der Waals surface area contributed by atoms with Crippen LogP contribution >= 0.6 is 23.4 Å². The van der Waals surface area contributed by atoms with E-state index >= 15 is 0 Å². The summed E-state index contributed by atoms with van der Waals surface area (Å²) >= 11 is 7.13. The fourth-order valence-corrected chi connectivity index (χ4v) is 2.86. The number of hydrogen-bond donors (Lipinski definition) is 0. The highest BCUT2D eigenvalue weighted by Crippen LogP contribution is 2.21. The predicted molar refractivity (Wildman–Crippen MR) is 93.9 cm³/mol. The Balaban J connectivity index is 1.63. The molecular formula is C18H12ClFN2OS. The topological polar surface area (TPSA) is 42.9 Å². The first-order valence-corrected chi connectivity index (χ1v) is 8.49. The third-order valence-electron chi connectivity index (χ3n) is 3.30. The standard InChI is InChI=1S/C18H12ClFN2OS/c19-14-5-1-13(2-6-14)17(23)11-24-18-10-9-16(21-22-18)12-3-7-15(20)8-4-12/h1-10H,11H2. The molecular weight excluding hydrogens is 347 g/mol. The van der Waals surface area contributed by atoms with Crippen molar-refractivity contribution < 1.29 is 9.18 Å². The van der Waals surface area contributed by atoms with Crippen LogP contribution in [0.5, 0.6) is 0 Å². The molecule has 0 N–H and O–H groups in total. The predicted octanol–water partition coefficient (Wildman–Crippen LogP) is 4.91. The maximum absolute atomic E-state index is 12.9. The first-order valence-electron chi connectivity index (χ1n) is 7.13. The molecule has 3 nitrogen and oxygen atoms in total. The molecule has 2 aromatic carbocycles. The largest absolute Gasteiger partial charge is 0.293 e. The molecule has 0 unspecified atom stereocenters. The number of hydrogen-bond acceptors (Lipinski definition) is 4. The Labute approximate surface area is 147 Å². The van der Waals surface area contributed by atoms with Crippen molar-refractivity contribution in [1.29, 1.82) is 0 Å². The molecule has 0 saturated heterocycles. The Bertz CT molecular complexity index is 836. The molecule has 0 bridgehead atoms. The molecule has 24 heavy (non-hydrogen) atoms. The average Bonchev–Trinajstić information content (AvgIpc) is 2.61. The Kier molecular flexibility index (Phi) is 5.23. The maximum atomic E-state index is 12.9. The second-order valence-electron chi connectivity index (χ2n) is 4.98. The highest BCUT2D eigenvalue weighted by atomic mass is 35.5. The number of rotatable bonds is 5. The molecule has 0 radical (unpaired) electrons. The summed E-state index contributed by atoms with van der Waals surface area (Å²) in [4.78, 5) is 12.1. The summed E-state index contributed by atoms with van der Waals surface area (Å²) < 4.78 is 12.9. The number of nitrogens with zero attached hydrogens (tertiary/aromatic N) is 2. The van der Waals surface area contributed by atoms with Gasteiger partial charge < -0.3 is 0 Å². The zero-order valence-corrected chi connectivity index (χ0v) is 14.0. The van der Waals surface area contributed by atoms with Gasteiger partial charge in [-0.1, -0.05) is 23.4 Å². The highest BCUT2D eigenvalue weighted by Gasteiger charge is 2.08. The van der Waals surface area contributed by atoms with Crippen molar-refractivity contribution >= 4 is 29.1 Å². The van der Waals surface area contributed by atoms with Gasteiger partial charge in [-0.15, -0.1) is 10.2 Å². The smallest absolute Gasteiger partial charge is 0.173 e. The van der Waals surface area contributed by atoms with Crippen LogP contribution in [0.3, 0.4) is 0 Å². The zero-order chi connectivity index (χ0) is 16.9. The number of carbonyl (C=O) groups is 1. The number of Topliss-reactive ketones (excluding diaryl/α,β-unsaturated/α-hetero) is 1. The van der Waals surface area contributed by atoms with Gasteiger partial charge in [0, 0.05) is 16.1 Å². The van der Waals surface area contributed by atoms with E-state index in [1.165, 1.54) is 23.9 Å². The first kappa shape index (κ1) is 16.6. The molecule has 0 aliphatic rings. The molecule has 3 aromatic rings. The fourth-order valence-electron chi connectivity index (χ4n) is 2.03.